The number of thiocarbonyl (C=S) groups is 1. The zero-order valence-corrected chi connectivity index (χ0v) is 13.6. The largest absolute Gasteiger partial charge is 0.497 e. The third kappa shape index (κ3) is 5.78. The Labute approximate surface area is 128 Å². The first-order valence-corrected chi connectivity index (χ1v) is 7.82. The maximum absolute atomic E-state index is 5.54. The molecule has 1 rings (SSSR count). The van der Waals surface area contributed by atoms with Crippen LogP contribution in [0, 0.1) is 0 Å². The monoisotopic (exact) mass is 294 g/mol. The van der Waals surface area contributed by atoms with E-state index < -0.39 is 0 Å². The molecule has 3 nitrogen and oxygen atoms in total. The van der Waals surface area contributed by atoms with Crippen molar-refractivity contribution in [1.29, 1.82) is 0 Å². The van der Waals surface area contributed by atoms with Gasteiger partial charge in [0.1, 0.15) is 5.75 Å². The van der Waals surface area contributed by atoms with Crippen molar-refractivity contribution in [2.75, 3.05) is 25.5 Å². The summed E-state index contributed by atoms with van der Waals surface area (Å²) in [6, 6.07) is 7.86. The van der Waals surface area contributed by atoms with Gasteiger partial charge in [0.05, 0.1) is 7.11 Å². The number of unbranched alkanes of at least 4 members (excludes halogenated alkanes) is 2. The van der Waals surface area contributed by atoms with E-state index in [1.54, 1.807) is 7.11 Å². The lowest BCUT2D eigenvalue weighted by Crippen LogP contribution is -2.36. The van der Waals surface area contributed by atoms with Gasteiger partial charge in [-0.2, -0.15) is 0 Å². The van der Waals surface area contributed by atoms with Crippen molar-refractivity contribution < 1.29 is 4.74 Å². The molecule has 0 spiro atoms. The van der Waals surface area contributed by atoms with Crippen molar-refractivity contribution >= 4 is 23.0 Å². The van der Waals surface area contributed by atoms with Gasteiger partial charge in [-0.15, -0.1) is 0 Å². The number of hydrogen-bond acceptors (Lipinski definition) is 2. The summed E-state index contributed by atoms with van der Waals surface area (Å²) >= 11 is 5.54. The van der Waals surface area contributed by atoms with Gasteiger partial charge in [-0.05, 0) is 37.2 Å². The SMILES string of the molecule is CCCCN(CCCC)C(=S)Nc1cccc(OC)c1. The molecular weight excluding hydrogens is 268 g/mol. The third-order valence-electron chi connectivity index (χ3n) is 3.17. The highest BCUT2D eigenvalue weighted by Crippen LogP contribution is 2.17. The second kappa shape index (κ2) is 9.59. The normalized spacial score (nSPS) is 10.2. The molecule has 1 aromatic rings. The van der Waals surface area contributed by atoms with Gasteiger partial charge >= 0.3 is 0 Å². The van der Waals surface area contributed by atoms with Crippen molar-refractivity contribution in [1.82, 2.24) is 4.90 Å². The van der Waals surface area contributed by atoms with Gasteiger partial charge in [-0.3, -0.25) is 0 Å². The lowest BCUT2D eigenvalue weighted by molar-refractivity contribution is 0.403. The van der Waals surface area contributed by atoms with Crippen LogP contribution in [0.25, 0.3) is 0 Å². The fourth-order valence-corrected chi connectivity index (χ4v) is 2.22. The van der Waals surface area contributed by atoms with Gasteiger partial charge in [-0.25, -0.2) is 0 Å². The highest BCUT2D eigenvalue weighted by Gasteiger charge is 2.09. The summed E-state index contributed by atoms with van der Waals surface area (Å²) < 4.78 is 5.23. The number of hydrogen-bond donors (Lipinski definition) is 1. The quantitative estimate of drug-likeness (QED) is 0.723. The Balaban J connectivity index is 2.63. The minimum Gasteiger partial charge on any atom is -0.497 e. The Morgan fingerprint density at radius 1 is 1.20 bits per heavy atom. The lowest BCUT2D eigenvalue weighted by atomic mass is 10.2. The molecule has 112 valence electrons. The summed E-state index contributed by atoms with van der Waals surface area (Å²) in [5, 5.41) is 4.12. The molecule has 0 saturated carbocycles. The molecule has 1 aromatic carbocycles. The first kappa shape index (κ1) is 16.8. The topological polar surface area (TPSA) is 24.5 Å². The first-order chi connectivity index (χ1) is 9.71. The molecule has 0 saturated heterocycles. The minimum atomic E-state index is 0.806. The Kier molecular flexibility index (Phi) is 8.04. The second-order valence-corrected chi connectivity index (χ2v) is 5.24. The molecule has 0 heterocycles. The fourth-order valence-electron chi connectivity index (χ4n) is 1.92. The van der Waals surface area contributed by atoms with Gasteiger partial charge < -0.3 is 15.0 Å². The number of benzene rings is 1. The van der Waals surface area contributed by atoms with E-state index in [1.807, 2.05) is 24.3 Å². The molecule has 0 radical (unpaired) electrons. The zero-order valence-electron chi connectivity index (χ0n) is 12.8. The molecule has 0 unspecified atom stereocenters. The van der Waals surface area contributed by atoms with Crippen molar-refractivity contribution in [3.8, 4) is 5.75 Å². The van der Waals surface area contributed by atoms with Crippen LogP contribution >= 0.6 is 12.2 Å². The van der Waals surface area contributed by atoms with Crippen molar-refractivity contribution in [2.24, 2.45) is 0 Å². The smallest absolute Gasteiger partial charge is 0.173 e. The molecule has 0 fully saturated rings. The number of anilines is 1. The van der Waals surface area contributed by atoms with Crippen LogP contribution in [0.4, 0.5) is 5.69 Å². The Bertz CT molecular complexity index is 401. The van der Waals surface area contributed by atoms with Gasteiger partial charge in [0.15, 0.2) is 5.11 Å². The summed E-state index contributed by atoms with van der Waals surface area (Å²) in [6.07, 6.45) is 4.71. The van der Waals surface area contributed by atoms with E-state index in [1.165, 1.54) is 25.7 Å². The standard InChI is InChI=1S/C16H26N2OS/c1-4-6-11-18(12-7-5-2)16(20)17-14-9-8-10-15(13-14)19-3/h8-10,13H,4-7,11-12H2,1-3H3,(H,17,20). The van der Waals surface area contributed by atoms with Crippen LogP contribution in [0.15, 0.2) is 24.3 Å². The number of methoxy groups -OCH3 is 1. The molecule has 0 aliphatic heterocycles. The minimum absolute atomic E-state index is 0.806. The number of nitrogens with zero attached hydrogens (tertiary/aromatic N) is 1. The second-order valence-electron chi connectivity index (χ2n) is 4.86. The number of nitrogens with one attached hydrogen (secondary N) is 1. The van der Waals surface area contributed by atoms with Crippen LogP contribution in [0.3, 0.4) is 0 Å². The van der Waals surface area contributed by atoms with Crippen molar-refractivity contribution in [3.05, 3.63) is 24.3 Å². The Hall–Kier alpha value is -1.29. The molecule has 0 aromatic heterocycles. The summed E-state index contributed by atoms with van der Waals surface area (Å²) in [4.78, 5) is 2.27. The molecule has 0 atom stereocenters. The van der Waals surface area contributed by atoms with E-state index >= 15 is 0 Å². The van der Waals surface area contributed by atoms with Crippen LogP contribution in [-0.4, -0.2) is 30.2 Å². The Morgan fingerprint density at radius 2 is 1.85 bits per heavy atom. The van der Waals surface area contributed by atoms with Crippen LogP contribution in [0.5, 0.6) is 5.75 Å². The fraction of sp³-hybridized carbons (Fsp3) is 0.562. The average Bonchev–Trinajstić information content (AvgIpc) is 2.47. The van der Waals surface area contributed by atoms with Crippen LogP contribution < -0.4 is 10.1 Å². The predicted molar refractivity (Wildman–Crippen MR) is 90.6 cm³/mol. The van der Waals surface area contributed by atoms with Gasteiger partial charge in [-0.1, -0.05) is 32.8 Å². The summed E-state index contributed by atoms with van der Waals surface area (Å²) in [5.41, 5.74) is 0.979. The summed E-state index contributed by atoms with van der Waals surface area (Å²) in [6.45, 7) is 6.45. The lowest BCUT2D eigenvalue weighted by Gasteiger charge is -2.25. The average molecular weight is 294 g/mol. The first-order valence-electron chi connectivity index (χ1n) is 7.41. The van der Waals surface area contributed by atoms with Crippen LogP contribution in [0.2, 0.25) is 0 Å². The molecule has 0 aliphatic carbocycles. The summed E-state index contributed by atoms with van der Waals surface area (Å²) in [7, 11) is 1.67. The zero-order chi connectivity index (χ0) is 14.8. The summed E-state index contributed by atoms with van der Waals surface area (Å²) in [5.74, 6) is 0.839. The highest BCUT2D eigenvalue weighted by molar-refractivity contribution is 7.80. The molecule has 1 N–H and O–H groups in total. The van der Waals surface area contributed by atoms with Crippen LogP contribution in [-0.2, 0) is 0 Å². The van der Waals surface area contributed by atoms with Gasteiger partial charge in [0.25, 0.3) is 0 Å². The van der Waals surface area contributed by atoms with E-state index in [9.17, 15) is 0 Å². The van der Waals surface area contributed by atoms with Gasteiger partial charge in [0.2, 0.25) is 0 Å². The molecule has 4 heteroatoms. The maximum atomic E-state index is 5.54. The molecule has 0 aliphatic rings. The number of rotatable bonds is 8. The molecule has 0 amide bonds. The van der Waals surface area contributed by atoms with E-state index in [4.69, 9.17) is 17.0 Å². The van der Waals surface area contributed by atoms with E-state index in [0.717, 1.165) is 29.6 Å². The Morgan fingerprint density at radius 3 is 2.40 bits per heavy atom. The van der Waals surface area contributed by atoms with Crippen molar-refractivity contribution in [2.45, 2.75) is 39.5 Å². The highest BCUT2D eigenvalue weighted by atomic mass is 32.1. The molecule has 0 bridgehead atoms. The van der Waals surface area contributed by atoms with E-state index in [2.05, 4.69) is 24.1 Å². The van der Waals surface area contributed by atoms with Crippen LogP contribution in [0.1, 0.15) is 39.5 Å². The molecular formula is C16H26N2OS. The van der Waals surface area contributed by atoms with E-state index in [0.29, 0.717) is 0 Å². The van der Waals surface area contributed by atoms with E-state index in [-0.39, 0.29) is 0 Å². The van der Waals surface area contributed by atoms with Gasteiger partial charge in [0, 0.05) is 24.8 Å². The number of ether oxygens (including phenoxy) is 1. The van der Waals surface area contributed by atoms with Crippen molar-refractivity contribution in [3.63, 3.8) is 0 Å². The maximum Gasteiger partial charge on any atom is 0.173 e. The third-order valence-corrected chi connectivity index (χ3v) is 3.53. The predicted octanol–water partition coefficient (Wildman–Crippen LogP) is 4.29. The molecule has 20 heavy (non-hydrogen) atoms.